The molecule has 0 fully saturated rings. The van der Waals surface area contributed by atoms with Gasteiger partial charge in [0.2, 0.25) is 0 Å². The molecule has 0 aliphatic heterocycles. The van der Waals surface area contributed by atoms with Crippen LogP contribution in [0.25, 0.3) is 0 Å². The van der Waals surface area contributed by atoms with Crippen LogP contribution in [0.15, 0.2) is 42.5 Å². The molecule has 2 aromatic carbocycles. The van der Waals surface area contributed by atoms with Crippen LogP contribution in [0.4, 0.5) is 10.1 Å². The largest absolute Gasteiger partial charge is 0.389 e. The predicted molar refractivity (Wildman–Crippen MR) is 85.8 cm³/mol. The molecule has 1 atom stereocenters. The highest BCUT2D eigenvalue weighted by molar-refractivity contribution is 7.80. The van der Waals surface area contributed by atoms with Crippen LogP contribution in [-0.2, 0) is 0 Å². The van der Waals surface area contributed by atoms with Gasteiger partial charge in [0.25, 0.3) is 0 Å². The minimum absolute atomic E-state index is 0.0834. The number of halogens is 2. The first kappa shape index (κ1) is 14.8. The maximum atomic E-state index is 13.2. The summed E-state index contributed by atoms with van der Waals surface area (Å²) in [6, 6.07) is 11.6. The Bertz CT molecular complexity index is 646. The van der Waals surface area contributed by atoms with Crippen molar-refractivity contribution in [1.82, 2.24) is 0 Å². The van der Waals surface area contributed by atoms with Gasteiger partial charge in [-0.15, -0.1) is 0 Å². The van der Waals surface area contributed by atoms with E-state index in [9.17, 15) is 4.39 Å². The normalized spacial score (nSPS) is 11.9. The molecule has 1 unspecified atom stereocenters. The average Bonchev–Trinajstić information content (AvgIpc) is 2.40. The van der Waals surface area contributed by atoms with Crippen molar-refractivity contribution in [2.24, 2.45) is 5.73 Å². The van der Waals surface area contributed by atoms with Crippen molar-refractivity contribution in [3.05, 3.63) is 64.4 Å². The van der Waals surface area contributed by atoms with Crippen LogP contribution in [0.5, 0.6) is 0 Å². The third-order valence-electron chi connectivity index (χ3n) is 2.97. The van der Waals surface area contributed by atoms with E-state index >= 15 is 0 Å². The first-order valence-electron chi connectivity index (χ1n) is 6.08. The lowest BCUT2D eigenvalue weighted by atomic mass is 10.1. The summed E-state index contributed by atoms with van der Waals surface area (Å²) in [5, 5.41) is 3.84. The molecule has 2 nitrogen and oxygen atoms in total. The van der Waals surface area contributed by atoms with E-state index in [2.05, 4.69) is 5.32 Å². The zero-order chi connectivity index (χ0) is 14.7. The van der Waals surface area contributed by atoms with Crippen LogP contribution < -0.4 is 11.1 Å². The van der Waals surface area contributed by atoms with Gasteiger partial charge in [0, 0.05) is 22.3 Å². The van der Waals surface area contributed by atoms with Crippen LogP contribution in [0, 0.1) is 5.82 Å². The molecule has 0 amide bonds. The van der Waals surface area contributed by atoms with Gasteiger partial charge in [-0.2, -0.15) is 0 Å². The Labute approximate surface area is 127 Å². The number of nitrogens with one attached hydrogen (secondary N) is 1. The van der Waals surface area contributed by atoms with E-state index in [-0.39, 0.29) is 16.8 Å². The molecule has 5 heteroatoms. The molecular formula is C15H14ClFN2S. The van der Waals surface area contributed by atoms with Crippen molar-refractivity contribution < 1.29 is 4.39 Å². The number of benzene rings is 2. The van der Waals surface area contributed by atoms with E-state index in [0.29, 0.717) is 10.6 Å². The zero-order valence-electron chi connectivity index (χ0n) is 10.9. The Hall–Kier alpha value is -1.65. The molecule has 2 rings (SSSR count). The number of hydrogen-bond donors (Lipinski definition) is 2. The molecule has 0 saturated heterocycles. The molecule has 3 N–H and O–H groups in total. The molecule has 0 aliphatic carbocycles. The summed E-state index contributed by atoms with van der Waals surface area (Å²) in [7, 11) is 0. The quantitative estimate of drug-likeness (QED) is 0.828. The van der Waals surface area contributed by atoms with Gasteiger partial charge in [0.1, 0.15) is 10.8 Å². The first-order chi connectivity index (χ1) is 9.47. The third-order valence-corrected chi connectivity index (χ3v) is 3.42. The van der Waals surface area contributed by atoms with Crippen LogP contribution in [0.2, 0.25) is 5.02 Å². The second kappa shape index (κ2) is 6.20. The van der Waals surface area contributed by atoms with Crippen molar-refractivity contribution in [3.63, 3.8) is 0 Å². The molecule has 0 radical (unpaired) electrons. The molecule has 0 bridgehead atoms. The van der Waals surface area contributed by atoms with Crippen molar-refractivity contribution in [1.29, 1.82) is 0 Å². The van der Waals surface area contributed by atoms with Crippen molar-refractivity contribution in [2.75, 3.05) is 5.32 Å². The summed E-state index contributed by atoms with van der Waals surface area (Å²) in [5.41, 5.74) is 7.99. The van der Waals surface area contributed by atoms with E-state index in [1.54, 1.807) is 18.2 Å². The monoisotopic (exact) mass is 308 g/mol. The van der Waals surface area contributed by atoms with Gasteiger partial charge in [-0.05, 0) is 42.8 Å². The molecular weight excluding hydrogens is 295 g/mol. The Morgan fingerprint density at radius 1 is 1.30 bits per heavy atom. The molecule has 0 aliphatic rings. The Morgan fingerprint density at radius 2 is 2.05 bits per heavy atom. The van der Waals surface area contributed by atoms with Gasteiger partial charge in [-0.25, -0.2) is 4.39 Å². The SMILES string of the molecule is CC(Nc1ccc(Cl)cc1C(N)=S)c1cccc(F)c1. The summed E-state index contributed by atoms with van der Waals surface area (Å²) in [5.74, 6) is -0.262. The van der Waals surface area contributed by atoms with Gasteiger partial charge >= 0.3 is 0 Å². The van der Waals surface area contributed by atoms with Gasteiger partial charge in [0.05, 0.1) is 0 Å². The molecule has 20 heavy (non-hydrogen) atoms. The second-order valence-electron chi connectivity index (χ2n) is 4.48. The fraction of sp³-hybridized carbons (Fsp3) is 0.133. The smallest absolute Gasteiger partial charge is 0.123 e. The van der Waals surface area contributed by atoms with E-state index in [1.165, 1.54) is 12.1 Å². The van der Waals surface area contributed by atoms with Crippen molar-refractivity contribution >= 4 is 34.5 Å². The average molecular weight is 309 g/mol. The minimum atomic E-state index is -0.262. The maximum Gasteiger partial charge on any atom is 0.123 e. The van der Waals surface area contributed by atoms with Crippen LogP contribution in [-0.4, -0.2) is 4.99 Å². The van der Waals surface area contributed by atoms with Crippen molar-refractivity contribution in [3.8, 4) is 0 Å². The Morgan fingerprint density at radius 3 is 2.70 bits per heavy atom. The second-order valence-corrected chi connectivity index (χ2v) is 5.35. The van der Waals surface area contributed by atoms with E-state index < -0.39 is 0 Å². The molecule has 0 heterocycles. The van der Waals surface area contributed by atoms with Gasteiger partial charge in [-0.3, -0.25) is 0 Å². The number of nitrogens with two attached hydrogens (primary N) is 1. The van der Waals surface area contributed by atoms with Gasteiger partial charge in [-0.1, -0.05) is 36.0 Å². The lowest BCUT2D eigenvalue weighted by Gasteiger charge is -2.18. The summed E-state index contributed by atoms with van der Waals surface area (Å²) in [6.07, 6.45) is 0. The van der Waals surface area contributed by atoms with Crippen LogP contribution in [0.3, 0.4) is 0 Å². The lowest BCUT2D eigenvalue weighted by Crippen LogP contribution is -2.15. The summed E-state index contributed by atoms with van der Waals surface area (Å²) < 4.78 is 13.2. The van der Waals surface area contributed by atoms with Crippen molar-refractivity contribution in [2.45, 2.75) is 13.0 Å². The summed E-state index contributed by atoms with van der Waals surface area (Å²) >= 11 is 11.0. The standard InChI is InChI=1S/C15H14ClFN2S/c1-9(10-3-2-4-12(17)7-10)19-14-6-5-11(16)8-13(14)15(18)20/h2-9,19H,1H3,(H2,18,20). The summed E-state index contributed by atoms with van der Waals surface area (Å²) in [4.78, 5) is 0.265. The highest BCUT2D eigenvalue weighted by Crippen LogP contribution is 2.25. The first-order valence-corrected chi connectivity index (χ1v) is 6.87. The fourth-order valence-electron chi connectivity index (χ4n) is 1.94. The number of hydrogen-bond acceptors (Lipinski definition) is 2. The fourth-order valence-corrected chi connectivity index (χ4v) is 2.28. The van der Waals surface area contributed by atoms with E-state index in [0.717, 1.165) is 11.3 Å². The number of rotatable bonds is 4. The summed E-state index contributed by atoms with van der Waals surface area (Å²) in [6.45, 7) is 1.94. The topological polar surface area (TPSA) is 38.0 Å². The third kappa shape index (κ3) is 3.46. The number of anilines is 1. The molecule has 0 saturated carbocycles. The molecule has 2 aromatic rings. The molecule has 0 aromatic heterocycles. The zero-order valence-corrected chi connectivity index (χ0v) is 12.4. The van der Waals surface area contributed by atoms with Crippen LogP contribution in [0.1, 0.15) is 24.1 Å². The highest BCUT2D eigenvalue weighted by atomic mass is 35.5. The van der Waals surface area contributed by atoms with Crippen LogP contribution >= 0.6 is 23.8 Å². The molecule has 104 valence electrons. The van der Waals surface area contributed by atoms with Gasteiger partial charge < -0.3 is 11.1 Å². The number of thiocarbonyl (C=S) groups is 1. The minimum Gasteiger partial charge on any atom is -0.389 e. The predicted octanol–water partition coefficient (Wildman–Crippen LogP) is 4.29. The lowest BCUT2D eigenvalue weighted by molar-refractivity contribution is 0.623. The van der Waals surface area contributed by atoms with E-state index in [1.807, 2.05) is 19.1 Å². The van der Waals surface area contributed by atoms with Gasteiger partial charge in [0.15, 0.2) is 0 Å². The Kier molecular flexibility index (Phi) is 4.57. The highest BCUT2D eigenvalue weighted by Gasteiger charge is 2.11. The Balaban J connectivity index is 2.28. The van der Waals surface area contributed by atoms with E-state index in [4.69, 9.17) is 29.6 Å². The maximum absolute atomic E-state index is 13.2. The molecule has 0 spiro atoms.